The van der Waals surface area contributed by atoms with Crippen molar-refractivity contribution in [3.05, 3.63) is 42.5 Å². The summed E-state index contributed by atoms with van der Waals surface area (Å²) in [5, 5.41) is 9.34. The number of carboxylic acids is 1. The maximum atomic E-state index is 10.7. The minimum absolute atomic E-state index is 0.291. The molecule has 0 fully saturated rings. The van der Waals surface area contributed by atoms with Gasteiger partial charge in [-0.2, -0.15) is 13.2 Å². The number of alkyl halides is 3. The highest BCUT2D eigenvalue weighted by Gasteiger charge is 2.38. The van der Waals surface area contributed by atoms with E-state index in [0.717, 1.165) is 10.8 Å². The lowest BCUT2D eigenvalue weighted by atomic mass is 10.1. The standard InChI is InChI=1S/C12H10O2.C2HF3O2/c1-9(13)14-12-7-6-10-4-2-3-5-11(10)8-12;3-2(4,5)1(6)7/h2-8H,1H3;(H,6,7). The van der Waals surface area contributed by atoms with Crippen LogP contribution in [0.25, 0.3) is 10.8 Å². The number of hydrogen-bond donors (Lipinski definition) is 1. The van der Waals surface area contributed by atoms with Gasteiger partial charge < -0.3 is 9.84 Å². The molecule has 0 aliphatic carbocycles. The molecule has 0 aliphatic heterocycles. The highest BCUT2D eigenvalue weighted by Crippen LogP contribution is 2.20. The van der Waals surface area contributed by atoms with Crippen molar-refractivity contribution in [1.29, 1.82) is 0 Å². The maximum Gasteiger partial charge on any atom is 0.490 e. The van der Waals surface area contributed by atoms with E-state index >= 15 is 0 Å². The molecule has 112 valence electrons. The molecule has 2 aromatic carbocycles. The van der Waals surface area contributed by atoms with E-state index in [2.05, 4.69) is 0 Å². The molecular weight excluding hydrogens is 289 g/mol. The zero-order chi connectivity index (χ0) is 16.0. The first-order valence-corrected chi connectivity index (χ1v) is 5.67. The molecule has 2 aromatic rings. The largest absolute Gasteiger partial charge is 0.490 e. The summed E-state index contributed by atoms with van der Waals surface area (Å²) in [6.07, 6.45) is -5.08. The number of esters is 1. The fourth-order valence-electron chi connectivity index (χ4n) is 1.40. The van der Waals surface area contributed by atoms with Crippen LogP contribution < -0.4 is 4.74 Å². The fourth-order valence-corrected chi connectivity index (χ4v) is 1.40. The van der Waals surface area contributed by atoms with E-state index in [-0.39, 0.29) is 5.97 Å². The monoisotopic (exact) mass is 300 g/mol. The Balaban J connectivity index is 0.000000270. The van der Waals surface area contributed by atoms with Crippen molar-refractivity contribution < 1.29 is 32.6 Å². The first-order valence-electron chi connectivity index (χ1n) is 5.67. The molecule has 0 bridgehead atoms. The number of ether oxygens (including phenoxy) is 1. The number of aliphatic carboxylic acids is 1. The minimum Gasteiger partial charge on any atom is -0.475 e. The van der Waals surface area contributed by atoms with Crippen molar-refractivity contribution in [2.75, 3.05) is 0 Å². The molecule has 0 radical (unpaired) electrons. The Labute approximate surface area is 117 Å². The van der Waals surface area contributed by atoms with Crippen LogP contribution in [0.5, 0.6) is 5.75 Å². The lowest BCUT2D eigenvalue weighted by Crippen LogP contribution is -2.21. The van der Waals surface area contributed by atoms with Crippen molar-refractivity contribution in [3.8, 4) is 5.75 Å². The Bertz CT molecular complexity index is 650. The van der Waals surface area contributed by atoms with Crippen LogP contribution in [0.1, 0.15) is 6.92 Å². The second-order valence-electron chi connectivity index (χ2n) is 3.91. The third kappa shape index (κ3) is 5.52. The molecule has 0 spiro atoms. The number of fused-ring (bicyclic) bond motifs is 1. The summed E-state index contributed by atoms with van der Waals surface area (Å²) in [5.74, 6) is -2.45. The van der Waals surface area contributed by atoms with Crippen molar-refractivity contribution in [1.82, 2.24) is 0 Å². The molecular formula is C14H11F3O4. The summed E-state index contributed by atoms with van der Waals surface area (Å²) >= 11 is 0. The lowest BCUT2D eigenvalue weighted by Gasteiger charge is -2.02. The van der Waals surface area contributed by atoms with Gasteiger partial charge in [0.15, 0.2) is 0 Å². The molecule has 0 saturated heterocycles. The normalized spacial score (nSPS) is 10.5. The van der Waals surface area contributed by atoms with Gasteiger partial charge in [-0.25, -0.2) is 4.79 Å². The first-order chi connectivity index (χ1) is 9.70. The van der Waals surface area contributed by atoms with Crippen molar-refractivity contribution in [2.24, 2.45) is 0 Å². The SMILES string of the molecule is CC(=O)Oc1ccc2ccccc2c1.O=C(O)C(F)(F)F. The second kappa shape index (κ2) is 6.74. The number of halogens is 3. The number of hydrogen-bond acceptors (Lipinski definition) is 3. The van der Waals surface area contributed by atoms with Crippen LogP contribution >= 0.6 is 0 Å². The highest BCUT2D eigenvalue weighted by molar-refractivity contribution is 5.84. The number of carbonyl (C=O) groups excluding carboxylic acids is 1. The van der Waals surface area contributed by atoms with Gasteiger partial charge in [0.2, 0.25) is 0 Å². The third-order valence-electron chi connectivity index (χ3n) is 2.23. The Hall–Kier alpha value is -2.57. The molecule has 7 heteroatoms. The Morgan fingerprint density at radius 3 is 2.05 bits per heavy atom. The minimum atomic E-state index is -5.08. The van der Waals surface area contributed by atoms with E-state index in [1.807, 2.05) is 36.4 Å². The van der Waals surface area contributed by atoms with E-state index < -0.39 is 12.1 Å². The number of rotatable bonds is 1. The van der Waals surface area contributed by atoms with E-state index in [9.17, 15) is 18.0 Å². The summed E-state index contributed by atoms with van der Waals surface area (Å²) in [7, 11) is 0. The molecule has 0 atom stereocenters. The van der Waals surface area contributed by atoms with Gasteiger partial charge in [-0.15, -0.1) is 0 Å². The van der Waals surface area contributed by atoms with Crippen LogP contribution in [-0.2, 0) is 9.59 Å². The predicted octanol–water partition coefficient (Wildman–Crippen LogP) is 3.40. The molecule has 0 aliphatic rings. The summed E-state index contributed by atoms with van der Waals surface area (Å²) < 4.78 is 36.7. The van der Waals surface area contributed by atoms with Gasteiger partial charge in [0, 0.05) is 6.92 Å². The molecule has 0 heterocycles. The van der Waals surface area contributed by atoms with Gasteiger partial charge in [-0.1, -0.05) is 30.3 Å². The molecule has 0 aromatic heterocycles. The number of benzene rings is 2. The molecule has 2 rings (SSSR count). The van der Waals surface area contributed by atoms with E-state index in [4.69, 9.17) is 14.6 Å². The van der Waals surface area contributed by atoms with Gasteiger partial charge in [0.05, 0.1) is 0 Å². The Morgan fingerprint density at radius 2 is 1.57 bits per heavy atom. The summed E-state index contributed by atoms with van der Waals surface area (Å²) in [6.45, 7) is 1.40. The topological polar surface area (TPSA) is 63.6 Å². The first kappa shape index (κ1) is 16.5. The average molecular weight is 300 g/mol. The van der Waals surface area contributed by atoms with Gasteiger partial charge in [0.1, 0.15) is 5.75 Å². The van der Waals surface area contributed by atoms with E-state index in [0.29, 0.717) is 5.75 Å². The van der Waals surface area contributed by atoms with Crippen LogP contribution in [0, 0.1) is 0 Å². The van der Waals surface area contributed by atoms with Crippen molar-refractivity contribution in [2.45, 2.75) is 13.1 Å². The highest BCUT2D eigenvalue weighted by atomic mass is 19.4. The molecule has 0 saturated carbocycles. The predicted molar refractivity (Wildman–Crippen MR) is 68.9 cm³/mol. The molecule has 0 unspecified atom stereocenters. The Kier molecular flexibility index (Phi) is 5.29. The van der Waals surface area contributed by atoms with Crippen LogP contribution in [0.15, 0.2) is 42.5 Å². The summed E-state index contributed by atoms with van der Waals surface area (Å²) in [4.78, 5) is 19.6. The molecule has 0 amide bonds. The van der Waals surface area contributed by atoms with Crippen LogP contribution in [-0.4, -0.2) is 23.2 Å². The van der Waals surface area contributed by atoms with Crippen molar-refractivity contribution in [3.63, 3.8) is 0 Å². The molecule has 1 N–H and O–H groups in total. The average Bonchev–Trinajstić information content (AvgIpc) is 2.37. The summed E-state index contributed by atoms with van der Waals surface area (Å²) in [6, 6.07) is 13.5. The maximum absolute atomic E-state index is 10.7. The van der Waals surface area contributed by atoms with Crippen LogP contribution in [0.2, 0.25) is 0 Å². The zero-order valence-electron chi connectivity index (χ0n) is 10.8. The van der Waals surface area contributed by atoms with Gasteiger partial charge in [-0.3, -0.25) is 4.79 Å². The Morgan fingerprint density at radius 1 is 1.05 bits per heavy atom. The van der Waals surface area contributed by atoms with Crippen molar-refractivity contribution >= 4 is 22.7 Å². The van der Waals surface area contributed by atoms with E-state index in [1.165, 1.54) is 6.92 Å². The molecule has 21 heavy (non-hydrogen) atoms. The summed E-state index contributed by atoms with van der Waals surface area (Å²) in [5.41, 5.74) is 0. The fraction of sp³-hybridized carbons (Fsp3) is 0.143. The number of carbonyl (C=O) groups is 2. The van der Waals surface area contributed by atoms with Gasteiger partial charge in [0.25, 0.3) is 0 Å². The second-order valence-corrected chi connectivity index (χ2v) is 3.91. The number of carboxylic acid groups (broad SMARTS) is 1. The third-order valence-corrected chi connectivity index (χ3v) is 2.23. The van der Waals surface area contributed by atoms with E-state index in [1.54, 1.807) is 6.07 Å². The molecule has 4 nitrogen and oxygen atoms in total. The quantitative estimate of drug-likeness (QED) is 0.647. The van der Waals surface area contributed by atoms with Gasteiger partial charge >= 0.3 is 18.1 Å². The smallest absolute Gasteiger partial charge is 0.475 e. The zero-order valence-corrected chi connectivity index (χ0v) is 10.8. The van der Waals surface area contributed by atoms with Crippen LogP contribution in [0.3, 0.4) is 0 Å². The van der Waals surface area contributed by atoms with Gasteiger partial charge in [-0.05, 0) is 22.9 Å². The lowest BCUT2D eigenvalue weighted by molar-refractivity contribution is -0.192. The van der Waals surface area contributed by atoms with Crippen LogP contribution in [0.4, 0.5) is 13.2 Å².